The molecule has 146 valence electrons. The van der Waals surface area contributed by atoms with Crippen LogP contribution in [0.3, 0.4) is 0 Å². The van der Waals surface area contributed by atoms with Gasteiger partial charge in [0.15, 0.2) is 5.78 Å². The molecule has 0 unspecified atom stereocenters. The maximum atomic E-state index is 12.9. The number of thiazole rings is 1. The first-order valence-electron chi connectivity index (χ1n) is 9.36. The molecule has 0 N–H and O–H groups in total. The molecule has 1 aliphatic rings. The van der Waals surface area contributed by atoms with E-state index in [1.54, 1.807) is 31.8 Å². The van der Waals surface area contributed by atoms with Gasteiger partial charge in [0.05, 0.1) is 41.9 Å². The van der Waals surface area contributed by atoms with Gasteiger partial charge in [-0.05, 0) is 30.2 Å². The molecule has 0 aliphatic heterocycles. The highest BCUT2D eigenvalue weighted by Crippen LogP contribution is 2.39. The van der Waals surface area contributed by atoms with E-state index in [1.807, 2.05) is 47.1 Å². The maximum absolute atomic E-state index is 12.9. The zero-order valence-corrected chi connectivity index (χ0v) is 16.9. The van der Waals surface area contributed by atoms with Gasteiger partial charge in [0, 0.05) is 18.4 Å². The first kappa shape index (κ1) is 17.9. The molecule has 0 amide bonds. The van der Waals surface area contributed by atoms with E-state index < -0.39 is 0 Å². The lowest BCUT2D eigenvalue weighted by molar-refractivity contribution is 0.0963. The fourth-order valence-electron chi connectivity index (χ4n) is 3.93. The minimum absolute atomic E-state index is 0.0145. The first-order chi connectivity index (χ1) is 14.2. The molecule has 2 aromatic heterocycles. The third-order valence-corrected chi connectivity index (χ3v) is 6.40. The van der Waals surface area contributed by atoms with Gasteiger partial charge in [-0.15, -0.1) is 0 Å². The van der Waals surface area contributed by atoms with Crippen LogP contribution < -0.4 is 9.47 Å². The molecule has 0 saturated carbocycles. The number of benzene rings is 2. The Labute approximate surface area is 171 Å². The Kier molecular flexibility index (Phi) is 4.32. The summed E-state index contributed by atoms with van der Waals surface area (Å²) < 4.78 is 13.8. The van der Waals surface area contributed by atoms with Gasteiger partial charge in [0.1, 0.15) is 11.5 Å². The lowest BCUT2D eigenvalue weighted by Crippen LogP contribution is -2.20. The summed E-state index contributed by atoms with van der Waals surface area (Å²) in [5.74, 6) is 1.58. The fraction of sp³-hybridized carbons (Fsp3) is 0.227. The summed E-state index contributed by atoms with van der Waals surface area (Å²) in [5, 5.41) is 5.28. The van der Waals surface area contributed by atoms with Crippen LogP contribution in [0.15, 0.2) is 48.7 Å². The largest absolute Gasteiger partial charge is 0.497 e. The van der Waals surface area contributed by atoms with E-state index in [0.29, 0.717) is 18.4 Å². The number of methoxy groups -OCH3 is 2. The molecule has 2 aromatic carbocycles. The van der Waals surface area contributed by atoms with Crippen LogP contribution in [-0.4, -0.2) is 34.8 Å². The second-order valence-corrected chi connectivity index (χ2v) is 8.03. The van der Waals surface area contributed by atoms with Crippen molar-refractivity contribution in [2.75, 3.05) is 14.2 Å². The molecule has 0 bridgehead atoms. The average Bonchev–Trinajstić information content (AvgIpc) is 3.37. The number of carbonyl (C=O) groups is 1. The fourth-order valence-corrected chi connectivity index (χ4v) is 4.88. The summed E-state index contributed by atoms with van der Waals surface area (Å²) in [6.45, 7) is 0. The Hall–Kier alpha value is -3.19. The topological polar surface area (TPSA) is 66.2 Å². The van der Waals surface area contributed by atoms with Gasteiger partial charge in [0.2, 0.25) is 5.13 Å². The summed E-state index contributed by atoms with van der Waals surface area (Å²) in [5.41, 5.74) is 3.53. The van der Waals surface area contributed by atoms with Crippen LogP contribution in [0.1, 0.15) is 34.0 Å². The highest BCUT2D eigenvalue weighted by molar-refractivity contribution is 7.20. The van der Waals surface area contributed by atoms with Gasteiger partial charge in [-0.3, -0.25) is 4.79 Å². The van der Waals surface area contributed by atoms with Crippen molar-refractivity contribution in [1.29, 1.82) is 0 Å². The quantitative estimate of drug-likeness (QED) is 0.503. The molecule has 0 saturated heterocycles. The van der Waals surface area contributed by atoms with Crippen LogP contribution in [0.25, 0.3) is 15.3 Å². The molecule has 0 fully saturated rings. The van der Waals surface area contributed by atoms with Crippen LogP contribution in [0.5, 0.6) is 11.5 Å². The van der Waals surface area contributed by atoms with Gasteiger partial charge in [-0.2, -0.15) is 5.10 Å². The normalized spacial score (nSPS) is 16.1. The van der Waals surface area contributed by atoms with Crippen LogP contribution in [0.2, 0.25) is 0 Å². The summed E-state index contributed by atoms with van der Waals surface area (Å²) in [6.07, 6.45) is 2.80. The van der Waals surface area contributed by atoms with E-state index in [1.165, 1.54) is 0 Å². The number of ether oxygens (including phenoxy) is 2. The summed E-state index contributed by atoms with van der Waals surface area (Å²) in [4.78, 5) is 17.6. The van der Waals surface area contributed by atoms with Crippen molar-refractivity contribution < 1.29 is 14.3 Å². The molecular weight excluding hydrogens is 386 g/mol. The van der Waals surface area contributed by atoms with Gasteiger partial charge < -0.3 is 9.47 Å². The molecule has 6 nitrogen and oxygen atoms in total. The number of hydrogen-bond donors (Lipinski definition) is 0. The monoisotopic (exact) mass is 405 g/mol. The zero-order valence-electron chi connectivity index (χ0n) is 16.1. The molecule has 4 aromatic rings. The van der Waals surface area contributed by atoms with Crippen molar-refractivity contribution in [2.24, 2.45) is 0 Å². The molecular formula is C22H19N3O3S. The number of para-hydroxylation sites is 1. The molecule has 2 heterocycles. The van der Waals surface area contributed by atoms with Crippen LogP contribution in [-0.2, 0) is 6.42 Å². The van der Waals surface area contributed by atoms with Gasteiger partial charge in [0.25, 0.3) is 0 Å². The number of Topliss-reactive ketones (excluding diaryl/α,β-unsaturated/α-hetero) is 1. The molecule has 1 aliphatic carbocycles. The second-order valence-electron chi connectivity index (χ2n) is 7.02. The number of hydrogen-bond acceptors (Lipinski definition) is 6. The average molecular weight is 405 g/mol. The van der Waals surface area contributed by atoms with E-state index >= 15 is 0 Å². The molecule has 0 spiro atoms. The van der Waals surface area contributed by atoms with Crippen molar-refractivity contribution >= 4 is 27.3 Å². The number of carbonyl (C=O) groups excluding carboxylic acids is 1. The molecule has 1 atom stereocenters. The second kappa shape index (κ2) is 7.00. The standard InChI is InChI=1S/C22H19N3O3S/c1-27-14-7-8-15(20(11-14)28-2)13-9-18-16(19(26)10-13)12-23-25(18)22-24-17-5-3-4-6-21(17)29-22/h3-8,11-13H,9-10H2,1-2H3/t13-/m1/s1. The Bertz CT molecular complexity index is 1190. The first-order valence-corrected chi connectivity index (χ1v) is 10.2. The van der Waals surface area contributed by atoms with Gasteiger partial charge >= 0.3 is 0 Å². The van der Waals surface area contributed by atoms with Crippen molar-refractivity contribution in [3.05, 3.63) is 65.5 Å². The Morgan fingerprint density at radius 2 is 1.97 bits per heavy atom. The number of rotatable bonds is 4. The number of aromatic nitrogens is 3. The van der Waals surface area contributed by atoms with Crippen molar-refractivity contribution in [1.82, 2.24) is 14.8 Å². The smallest absolute Gasteiger partial charge is 0.211 e. The maximum Gasteiger partial charge on any atom is 0.211 e. The van der Waals surface area contributed by atoms with E-state index in [0.717, 1.165) is 38.1 Å². The lowest BCUT2D eigenvalue weighted by Gasteiger charge is -2.24. The van der Waals surface area contributed by atoms with E-state index in [9.17, 15) is 4.79 Å². The van der Waals surface area contributed by atoms with E-state index in [4.69, 9.17) is 14.5 Å². The molecule has 7 heteroatoms. The minimum atomic E-state index is 0.0145. The number of ketones is 1. The summed E-state index contributed by atoms with van der Waals surface area (Å²) in [6, 6.07) is 13.8. The number of nitrogens with zero attached hydrogens (tertiary/aromatic N) is 3. The summed E-state index contributed by atoms with van der Waals surface area (Å²) in [7, 11) is 3.27. The lowest BCUT2D eigenvalue weighted by atomic mass is 9.82. The SMILES string of the molecule is COc1ccc([C@H]2CC(=O)c3cnn(-c4nc5ccccc5s4)c3C2)c(OC)c1. The van der Waals surface area contributed by atoms with Crippen molar-refractivity contribution in [3.8, 4) is 16.6 Å². The Morgan fingerprint density at radius 3 is 2.76 bits per heavy atom. The minimum Gasteiger partial charge on any atom is -0.497 e. The molecule has 29 heavy (non-hydrogen) atoms. The van der Waals surface area contributed by atoms with Gasteiger partial charge in [-0.1, -0.05) is 29.5 Å². The third-order valence-electron chi connectivity index (χ3n) is 5.39. The van der Waals surface area contributed by atoms with Crippen LogP contribution in [0, 0.1) is 0 Å². The Balaban J connectivity index is 1.56. The number of fused-ring (bicyclic) bond motifs is 2. The Morgan fingerprint density at radius 1 is 1.10 bits per heavy atom. The van der Waals surface area contributed by atoms with Crippen molar-refractivity contribution in [2.45, 2.75) is 18.8 Å². The predicted octanol–water partition coefficient (Wildman–Crippen LogP) is 4.41. The van der Waals surface area contributed by atoms with E-state index in [2.05, 4.69) is 5.10 Å². The van der Waals surface area contributed by atoms with E-state index in [-0.39, 0.29) is 11.7 Å². The van der Waals surface area contributed by atoms with Crippen LogP contribution in [0.4, 0.5) is 0 Å². The molecule has 5 rings (SSSR count). The highest BCUT2D eigenvalue weighted by atomic mass is 32.1. The predicted molar refractivity (Wildman–Crippen MR) is 112 cm³/mol. The van der Waals surface area contributed by atoms with Crippen LogP contribution >= 0.6 is 11.3 Å². The third kappa shape index (κ3) is 2.98. The van der Waals surface area contributed by atoms with Gasteiger partial charge in [-0.25, -0.2) is 9.67 Å². The highest BCUT2D eigenvalue weighted by Gasteiger charge is 2.32. The summed E-state index contributed by atoms with van der Waals surface area (Å²) >= 11 is 1.58. The molecule has 0 radical (unpaired) electrons. The van der Waals surface area contributed by atoms with Crippen molar-refractivity contribution in [3.63, 3.8) is 0 Å². The zero-order chi connectivity index (χ0) is 20.0.